The Kier molecular flexibility index (Phi) is 4.85. The van der Waals surface area contributed by atoms with E-state index < -0.39 is 0 Å². The van der Waals surface area contributed by atoms with E-state index in [0.717, 1.165) is 22.1 Å². The van der Waals surface area contributed by atoms with Crippen molar-refractivity contribution in [1.29, 1.82) is 0 Å². The fourth-order valence-electron chi connectivity index (χ4n) is 1.92. The first-order valence-corrected chi connectivity index (χ1v) is 7.60. The summed E-state index contributed by atoms with van der Waals surface area (Å²) in [5.74, 6) is 0.542. The molecule has 1 heterocycles. The SMILES string of the molecule is CC(C)Cc1nnc(NC(C)c2cccc([N+](=O)[O-])c2)s1. The Morgan fingerprint density at radius 2 is 2.10 bits per heavy atom. The molecule has 1 aromatic heterocycles. The van der Waals surface area contributed by atoms with Crippen molar-refractivity contribution in [3.63, 3.8) is 0 Å². The molecule has 1 N–H and O–H groups in total. The van der Waals surface area contributed by atoms with Crippen LogP contribution >= 0.6 is 11.3 Å². The van der Waals surface area contributed by atoms with Crippen molar-refractivity contribution in [3.8, 4) is 0 Å². The minimum atomic E-state index is -0.387. The van der Waals surface area contributed by atoms with Crippen molar-refractivity contribution >= 4 is 22.2 Å². The highest BCUT2D eigenvalue weighted by Gasteiger charge is 2.13. The van der Waals surface area contributed by atoms with Crippen LogP contribution < -0.4 is 5.32 Å². The molecule has 0 aliphatic rings. The van der Waals surface area contributed by atoms with Crippen LogP contribution in [-0.4, -0.2) is 15.1 Å². The van der Waals surface area contributed by atoms with E-state index in [1.807, 2.05) is 13.0 Å². The Morgan fingerprint density at radius 3 is 2.76 bits per heavy atom. The highest BCUT2D eigenvalue weighted by molar-refractivity contribution is 7.15. The summed E-state index contributed by atoms with van der Waals surface area (Å²) in [5.41, 5.74) is 0.948. The number of hydrogen-bond donors (Lipinski definition) is 1. The van der Waals surface area contributed by atoms with E-state index in [1.165, 1.54) is 17.4 Å². The Morgan fingerprint density at radius 1 is 1.33 bits per heavy atom. The van der Waals surface area contributed by atoms with Gasteiger partial charge in [-0.25, -0.2) is 0 Å². The molecule has 2 rings (SSSR count). The largest absolute Gasteiger partial charge is 0.354 e. The number of non-ortho nitro benzene ring substituents is 1. The molecular weight excluding hydrogens is 288 g/mol. The van der Waals surface area contributed by atoms with Gasteiger partial charge in [-0.15, -0.1) is 10.2 Å². The smallest absolute Gasteiger partial charge is 0.269 e. The Labute approximate surface area is 127 Å². The molecule has 1 unspecified atom stereocenters. The normalized spacial score (nSPS) is 12.4. The number of nitro benzene ring substituents is 1. The van der Waals surface area contributed by atoms with E-state index in [-0.39, 0.29) is 16.7 Å². The monoisotopic (exact) mass is 306 g/mol. The average molecular weight is 306 g/mol. The molecule has 112 valence electrons. The second kappa shape index (κ2) is 6.62. The predicted molar refractivity (Wildman–Crippen MR) is 83.6 cm³/mol. The minimum Gasteiger partial charge on any atom is -0.354 e. The van der Waals surface area contributed by atoms with Crippen LogP contribution in [-0.2, 0) is 6.42 Å². The maximum absolute atomic E-state index is 10.8. The van der Waals surface area contributed by atoms with Crippen molar-refractivity contribution in [2.24, 2.45) is 5.92 Å². The summed E-state index contributed by atoms with van der Waals surface area (Å²) in [6.07, 6.45) is 0.907. The molecule has 0 saturated carbocycles. The lowest BCUT2D eigenvalue weighted by Gasteiger charge is -2.12. The van der Waals surface area contributed by atoms with Crippen LogP contribution in [0.4, 0.5) is 10.8 Å². The summed E-state index contributed by atoms with van der Waals surface area (Å²) in [4.78, 5) is 10.4. The molecule has 0 bridgehead atoms. The van der Waals surface area contributed by atoms with Gasteiger partial charge in [0.15, 0.2) is 0 Å². The van der Waals surface area contributed by atoms with Gasteiger partial charge in [0.1, 0.15) is 5.01 Å². The number of nitrogens with one attached hydrogen (secondary N) is 1. The maximum atomic E-state index is 10.8. The fraction of sp³-hybridized carbons (Fsp3) is 0.429. The molecular formula is C14H18N4O2S. The number of benzene rings is 1. The summed E-state index contributed by atoms with van der Waals surface area (Å²) < 4.78 is 0. The number of rotatable bonds is 6. The third-order valence-corrected chi connectivity index (χ3v) is 3.85. The highest BCUT2D eigenvalue weighted by atomic mass is 32.1. The molecule has 1 aromatic carbocycles. The Balaban J connectivity index is 2.07. The van der Waals surface area contributed by atoms with Crippen LogP contribution in [0.5, 0.6) is 0 Å². The Hall–Kier alpha value is -2.02. The highest BCUT2D eigenvalue weighted by Crippen LogP contribution is 2.25. The van der Waals surface area contributed by atoms with Crippen LogP contribution in [0.15, 0.2) is 24.3 Å². The van der Waals surface area contributed by atoms with E-state index in [2.05, 4.69) is 29.4 Å². The first-order valence-electron chi connectivity index (χ1n) is 6.79. The minimum absolute atomic E-state index is 0.0650. The van der Waals surface area contributed by atoms with E-state index >= 15 is 0 Å². The zero-order valence-corrected chi connectivity index (χ0v) is 13.1. The molecule has 0 aliphatic carbocycles. The molecule has 0 aliphatic heterocycles. The van der Waals surface area contributed by atoms with Gasteiger partial charge in [0.05, 0.1) is 11.0 Å². The second-order valence-electron chi connectivity index (χ2n) is 5.32. The standard InChI is InChI=1S/C14H18N4O2S/c1-9(2)7-13-16-17-14(21-13)15-10(3)11-5-4-6-12(8-11)18(19)20/h4-6,8-10H,7H2,1-3H3,(H,15,17). The van der Waals surface area contributed by atoms with Crippen LogP contribution in [0.25, 0.3) is 0 Å². The van der Waals surface area contributed by atoms with Gasteiger partial charge in [-0.3, -0.25) is 10.1 Å². The van der Waals surface area contributed by atoms with E-state index in [1.54, 1.807) is 12.1 Å². The van der Waals surface area contributed by atoms with Gasteiger partial charge in [0.2, 0.25) is 5.13 Å². The predicted octanol–water partition coefficient (Wildman–Crippen LogP) is 3.82. The molecule has 0 fully saturated rings. The first-order chi connectivity index (χ1) is 9.95. The van der Waals surface area contributed by atoms with Gasteiger partial charge in [-0.1, -0.05) is 37.3 Å². The van der Waals surface area contributed by atoms with Crippen LogP contribution in [0.2, 0.25) is 0 Å². The third kappa shape index (κ3) is 4.22. The number of aromatic nitrogens is 2. The number of nitrogens with zero attached hydrogens (tertiary/aromatic N) is 3. The van der Waals surface area contributed by atoms with Crippen LogP contribution in [0, 0.1) is 16.0 Å². The molecule has 7 heteroatoms. The van der Waals surface area contributed by atoms with Crippen molar-refractivity contribution in [1.82, 2.24) is 10.2 Å². The van der Waals surface area contributed by atoms with Gasteiger partial charge in [0, 0.05) is 18.6 Å². The molecule has 0 spiro atoms. The van der Waals surface area contributed by atoms with Gasteiger partial charge in [0.25, 0.3) is 5.69 Å². The Bertz CT molecular complexity index is 627. The summed E-state index contributed by atoms with van der Waals surface area (Å²) in [6.45, 7) is 6.23. The molecule has 21 heavy (non-hydrogen) atoms. The van der Waals surface area contributed by atoms with Crippen molar-refractivity contribution in [3.05, 3.63) is 45.0 Å². The molecule has 0 amide bonds. The van der Waals surface area contributed by atoms with E-state index in [4.69, 9.17) is 0 Å². The lowest BCUT2D eigenvalue weighted by molar-refractivity contribution is -0.384. The maximum Gasteiger partial charge on any atom is 0.269 e. The fourth-order valence-corrected chi connectivity index (χ4v) is 2.96. The van der Waals surface area contributed by atoms with Gasteiger partial charge >= 0.3 is 0 Å². The molecule has 0 saturated heterocycles. The number of hydrogen-bond acceptors (Lipinski definition) is 6. The topological polar surface area (TPSA) is 81.0 Å². The number of anilines is 1. The van der Waals surface area contributed by atoms with Crippen LogP contribution in [0.3, 0.4) is 0 Å². The summed E-state index contributed by atoms with van der Waals surface area (Å²) >= 11 is 1.53. The lowest BCUT2D eigenvalue weighted by atomic mass is 10.1. The molecule has 0 radical (unpaired) electrons. The number of nitro groups is 1. The van der Waals surface area contributed by atoms with Gasteiger partial charge in [-0.05, 0) is 18.4 Å². The third-order valence-electron chi connectivity index (χ3n) is 2.97. The van der Waals surface area contributed by atoms with Crippen LogP contribution in [0.1, 0.15) is 37.4 Å². The molecule has 1 atom stereocenters. The summed E-state index contributed by atoms with van der Waals surface area (Å²) in [7, 11) is 0. The second-order valence-corrected chi connectivity index (χ2v) is 6.38. The quantitative estimate of drug-likeness (QED) is 0.648. The molecule has 2 aromatic rings. The van der Waals surface area contributed by atoms with Crippen molar-refractivity contribution in [2.75, 3.05) is 5.32 Å². The summed E-state index contributed by atoms with van der Waals surface area (Å²) in [5, 5.41) is 24.0. The first kappa shape index (κ1) is 15.4. The van der Waals surface area contributed by atoms with Gasteiger partial charge < -0.3 is 5.32 Å². The van der Waals surface area contributed by atoms with Gasteiger partial charge in [-0.2, -0.15) is 0 Å². The van der Waals surface area contributed by atoms with Crippen molar-refractivity contribution in [2.45, 2.75) is 33.2 Å². The summed E-state index contributed by atoms with van der Waals surface area (Å²) in [6, 6.07) is 6.55. The zero-order valence-electron chi connectivity index (χ0n) is 12.2. The molecule has 6 nitrogen and oxygen atoms in total. The van der Waals surface area contributed by atoms with E-state index in [9.17, 15) is 10.1 Å². The van der Waals surface area contributed by atoms with Crippen molar-refractivity contribution < 1.29 is 4.92 Å². The van der Waals surface area contributed by atoms with E-state index in [0.29, 0.717) is 5.92 Å². The average Bonchev–Trinajstić information content (AvgIpc) is 2.85. The lowest BCUT2D eigenvalue weighted by Crippen LogP contribution is -2.06. The zero-order chi connectivity index (χ0) is 15.4.